The molecule has 1 aromatic heterocycles. The number of likely N-dealkylation sites (tertiary alicyclic amines) is 2. The monoisotopic (exact) mass is 231 g/mol. The molecule has 0 spiro atoms. The van der Waals surface area contributed by atoms with Crippen LogP contribution in [0.25, 0.3) is 0 Å². The van der Waals surface area contributed by atoms with Gasteiger partial charge in [-0.05, 0) is 32.4 Å². The normalized spacial score (nSPS) is 29.4. The predicted molar refractivity (Wildman–Crippen MR) is 68.7 cm³/mol. The van der Waals surface area contributed by atoms with E-state index in [1.165, 1.54) is 25.2 Å². The zero-order chi connectivity index (χ0) is 11.8. The van der Waals surface area contributed by atoms with Gasteiger partial charge in [0, 0.05) is 44.0 Å². The Balaban J connectivity index is 1.63. The summed E-state index contributed by atoms with van der Waals surface area (Å²) >= 11 is 0. The van der Waals surface area contributed by atoms with E-state index in [1.54, 1.807) is 0 Å². The van der Waals surface area contributed by atoms with E-state index in [0.29, 0.717) is 6.04 Å². The van der Waals surface area contributed by atoms with E-state index in [4.69, 9.17) is 0 Å². The molecule has 3 rings (SSSR count). The molecule has 2 aliphatic rings. The summed E-state index contributed by atoms with van der Waals surface area (Å²) in [6.45, 7) is 8.11. The number of piperazine rings is 1. The first-order chi connectivity index (χ1) is 8.24. The van der Waals surface area contributed by atoms with Crippen LogP contribution in [0.5, 0.6) is 0 Å². The molecule has 2 unspecified atom stereocenters. The maximum atomic E-state index is 4.42. The number of hydrogen-bond donors (Lipinski definition) is 0. The Hall–Kier alpha value is -0.930. The van der Waals surface area contributed by atoms with Gasteiger partial charge in [-0.25, -0.2) is 0 Å². The highest BCUT2D eigenvalue weighted by atomic mass is 15.4. The molecule has 0 saturated carbocycles. The Labute approximate surface area is 103 Å². The lowest BCUT2D eigenvalue weighted by Crippen LogP contribution is -2.48. The van der Waals surface area contributed by atoms with Gasteiger partial charge in [-0.15, -0.1) is 0 Å². The summed E-state index contributed by atoms with van der Waals surface area (Å²) in [4.78, 5) is 9.68. The molecule has 2 bridgehead atoms. The first kappa shape index (κ1) is 11.2. The van der Waals surface area contributed by atoms with E-state index < -0.39 is 0 Å². The van der Waals surface area contributed by atoms with Gasteiger partial charge in [-0.3, -0.25) is 14.8 Å². The highest BCUT2D eigenvalue weighted by Gasteiger charge is 2.43. The third kappa shape index (κ3) is 2.09. The zero-order valence-corrected chi connectivity index (χ0v) is 10.7. The van der Waals surface area contributed by atoms with E-state index in [0.717, 1.165) is 18.6 Å². The second kappa shape index (κ2) is 4.39. The van der Waals surface area contributed by atoms with Gasteiger partial charge in [0.25, 0.3) is 0 Å². The van der Waals surface area contributed by atoms with E-state index >= 15 is 0 Å². The number of pyridine rings is 1. The molecule has 3 nitrogen and oxygen atoms in total. The topological polar surface area (TPSA) is 19.4 Å². The molecule has 0 radical (unpaired) electrons. The van der Waals surface area contributed by atoms with Gasteiger partial charge >= 0.3 is 0 Å². The quantitative estimate of drug-likeness (QED) is 0.790. The third-order valence-electron chi connectivity index (χ3n) is 4.15. The van der Waals surface area contributed by atoms with Crippen LogP contribution in [-0.4, -0.2) is 46.0 Å². The van der Waals surface area contributed by atoms with Gasteiger partial charge in [0.05, 0.1) is 5.69 Å². The maximum absolute atomic E-state index is 4.42. The van der Waals surface area contributed by atoms with Crippen LogP contribution in [0.4, 0.5) is 0 Å². The Morgan fingerprint density at radius 1 is 1.29 bits per heavy atom. The van der Waals surface area contributed by atoms with Crippen molar-refractivity contribution < 1.29 is 0 Å². The molecule has 0 aliphatic carbocycles. The molecule has 3 heterocycles. The van der Waals surface area contributed by atoms with Crippen molar-refractivity contribution in [3.8, 4) is 0 Å². The van der Waals surface area contributed by atoms with Crippen molar-refractivity contribution in [3.05, 3.63) is 30.1 Å². The Bertz CT molecular complexity index is 376. The predicted octanol–water partition coefficient (Wildman–Crippen LogP) is 1.75. The molecule has 2 atom stereocenters. The minimum atomic E-state index is 0.696. The highest BCUT2D eigenvalue weighted by molar-refractivity contribution is 5.07. The lowest BCUT2D eigenvalue weighted by atomic mass is 10.2. The Morgan fingerprint density at radius 3 is 2.76 bits per heavy atom. The van der Waals surface area contributed by atoms with Crippen LogP contribution in [-0.2, 0) is 6.54 Å². The maximum Gasteiger partial charge on any atom is 0.0544 e. The lowest BCUT2D eigenvalue weighted by molar-refractivity contribution is 0.0990. The molecule has 0 aromatic carbocycles. The minimum Gasteiger partial charge on any atom is -0.295 e. The molecular formula is C14H21N3. The number of hydrogen-bond acceptors (Lipinski definition) is 3. The lowest BCUT2D eigenvalue weighted by Gasteiger charge is -2.36. The molecule has 3 heteroatoms. The molecule has 0 N–H and O–H groups in total. The van der Waals surface area contributed by atoms with E-state index in [9.17, 15) is 0 Å². The van der Waals surface area contributed by atoms with Gasteiger partial charge in [0.15, 0.2) is 0 Å². The van der Waals surface area contributed by atoms with Crippen LogP contribution in [0.1, 0.15) is 26.0 Å². The van der Waals surface area contributed by atoms with Gasteiger partial charge in [0.1, 0.15) is 0 Å². The summed E-state index contributed by atoms with van der Waals surface area (Å²) in [5.74, 6) is 0. The number of fused-ring (bicyclic) bond motifs is 2. The zero-order valence-electron chi connectivity index (χ0n) is 10.7. The molecule has 1 aromatic rings. The van der Waals surface area contributed by atoms with Crippen molar-refractivity contribution in [3.63, 3.8) is 0 Å². The molecule has 92 valence electrons. The highest BCUT2D eigenvalue weighted by Crippen LogP contribution is 2.32. The Morgan fingerprint density at radius 2 is 2.18 bits per heavy atom. The number of rotatable bonds is 3. The smallest absolute Gasteiger partial charge is 0.0544 e. The average molecular weight is 231 g/mol. The summed E-state index contributed by atoms with van der Waals surface area (Å²) in [6.07, 6.45) is 3.25. The largest absolute Gasteiger partial charge is 0.295 e. The van der Waals surface area contributed by atoms with Crippen molar-refractivity contribution >= 4 is 0 Å². The van der Waals surface area contributed by atoms with Crippen molar-refractivity contribution in [1.82, 2.24) is 14.8 Å². The minimum absolute atomic E-state index is 0.696. The fourth-order valence-electron chi connectivity index (χ4n) is 3.31. The van der Waals surface area contributed by atoms with E-state index in [2.05, 4.69) is 40.8 Å². The summed E-state index contributed by atoms with van der Waals surface area (Å²) in [6, 6.07) is 8.43. The molecule has 2 saturated heterocycles. The summed E-state index contributed by atoms with van der Waals surface area (Å²) < 4.78 is 0. The van der Waals surface area contributed by atoms with Gasteiger partial charge < -0.3 is 0 Å². The summed E-state index contributed by atoms with van der Waals surface area (Å²) in [5.41, 5.74) is 1.20. The number of nitrogens with zero attached hydrogens (tertiary/aromatic N) is 3. The summed E-state index contributed by atoms with van der Waals surface area (Å²) in [7, 11) is 0. The van der Waals surface area contributed by atoms with Gasteiger partial charge in [0.2, 0.25) is 0 Å². The Kier molecular flexibility index (Phi) is 2.89. The van der Waals surface area contributed by atoms with Crippen molar-refractivity contribution in [2.24, 2.45) is 0 Å². The fourth-order valence-corrected chi connectivity index (χ4v) is 3.31. The van der Waals surface area contributed by atoms with Crippen LogP contribution in [0.3, 0.4) is 0 Å². The van der Waals surface area contributed by atoms with Crippen molar-refractivity contribution in [1.29, 1.82) is 0 Å². The molecule has 17 heavy (non-hydrogen) atoms. The first-order valence-electron chi connectivity index (χ1n) is 6.64. The van der Waals surface area contributed by atoms with E-state index in [1.807, 2.05) is 12.3 Å². The van der Waals surface area contributed by atoms with Crippen LogP contribution < -0.4 is 0 Å². The standard InChI is InChI=1S/C14H21N3/c1-11(2)17-10-13-7-14(17)9-16(13)8-12-5-3-4-6-15-12/h3-6,11,13-14H,7-10H2,1-2H3. The SMILES string of the molecule is CC(C)N1CC2CC1CN2Cc1ccccn1. The van der Waals surface area contributed by atoms with Crippen LogP contribution >= 0.6 is 0 Å². The molecule has 2 aliphatic heterocycles. The fraction of sp³-hybridized carbons (Fsp3) is 0.643. The molecular weight excluding hydrogens is 210 g/mol. The van der Waals surface area contributed by atoms with Crippen LogP contribution in [0, 0.1) is 0 Å². The first-order valence-corrected chi connectivity index (χ1v) is 6.64. The van der Waals surface area contributed by atoms with Crippen molar-refractivity contribution in [2.45, 2.75) is 44.9 Å². The third-order valence-corrected chi connectivity index (χ3v) is 4.15. The second-order valence-electron chi connectivity index (χ2n) is 5.58. The molecule has 2 fully saturated rings. The molecule has 0 amide bonds. The number of aromatic nitrogens is 1. The van der Waals surface area contributed by atoms with Crippen LogP contribution in [0.15, 0.2) is 24.4 Å². The second-order valence-corrected chi connectivity index (χ2v) is 5.58. The average Bonchev–Trinajstić information content (AvgIpc) is 2.89. The summed E-state index contributed by atoms with van der Waals surface area (Å²) in [5, 5.41) is 0. The van der Waals surface area contributed by atoms with Gasteiger partial charge in [-0.2, -0.15) is 0 Å². The van der Waals surface area contributed by atoms with Gasteiger partial charge in [-0.1, -0.05) is 6.07 Å². The van der Waals surface area contributed by atoms with Crippen molar-refractivity contribution in [2.75, 3.05) is 13.1 Å². The van der Waals surface area contributed by atoms with Crippen LogP contribution in [0.2, 0.25) is 0 Å². The van der Waals surface area contributed by atoms with E-state index in [-0.39, 0.29) is 0 Å².